The molecule has 10 nitrogen and oxygen atoms in total. The number of hydrogen-bond acceptors (Lipinski definition) is 8. The van der Waals surface area contributed by atoms with Crippen LogP contribution in [0.3, 0.4) is 0 Å². The zero-order chi connectivity index (χ0) is 30.2. The summed E-state index contributed by atoms with van der Waals surface area (Å²) in [6, 6.07) is 21.0. The Balaban J connectivity index is 1.09. The second-order valence-corrected chi connectivity index (χ2v) is 11.6. The number of nitrogens with one attached hydrogen (secondary N) is 1. The van der Waals surface area contributed by atoms with Gasteiger partial charge in [-0.3, -0.25) is 4.79 Å². The SMILES string of the molecule is CCOC(=O)c1csc([C@@H]2C[C@@H](NC(=O)OCC3c4ccccc4-c4ccccc43)CN2C(=O)c2cn3ccccc3n2)n1. The number of alkyl carbamates (subject to hydrolysis) is 1. The van der Waals surface area contributed by atoms with Crippen LogP contribution in [-0.4, -0.2) is 63.0 Å². The summed E-state index contributed by atoms with van der Waals surface area (Å²) in [5.41, 5.74) is 5.70. The molecule has 0 radical (unpaired) electrons. The molecule has 0 unspecified atom stereocenters. The van der Waals surface area contributed by atoms with Crippen LogP contribution in [0.2, 0.25) is 0 Å². The molecule has 1 fully saturated rings. The molecule has 4 heterocycles. The van der Waals surface area contributed by atoms with Gasteiger partial charge in [-0.05, 0) is 47.7 Å². The summed E-state index contributed by atoms with van der Waals surface area (Å²) < 4.78 is 12.7. The van der Waals surface area contributed by atoms with Crippen LogP contribution in [0.15, 0.2) is 84.5 Å². The number of nitrogens with zero attached hydrogens (tertiary/aromatic N) is 4. The third-order valence-electron chi connectivity index (χ3n) is 8.10. The molecule has 44 heavy (non-hydrogen) atoms. The standard InChI is InChI=1S/C33H29N5O5S/c1-2-42-32(40)27-19-44-30(36-27)28-15-20(16-38(28)31(39)26-17-37-14-8-7-13-29(37)35-26)34-33(41)43-18-25-23-11-5-3-9-21(23)22-10-4-6-12-24(22)25/h3-14,17,19-20,25,28H,2,15-16,18H2,1H3,(H,34,41)/t20-,28+/m1/s1. The summed E-state index contributed by atoms with van der Waals surface area (Å²) >= 11 is 1.28. The fraction of sp³-hybridized carbons (Fsp3) is 0.242. The number of esters is 1. The zero-order valence-corrected chi connectivity index (χ0v) is 24.7. The van der Waals surface area contributed by atoms with E-state index in [0.717, 1.165) is 22.3 Å². The van der Waals surface area contributed by atoms with Crippen molar-refractivity contribution < 1.29 is 23.9 Å². The number of pyridine rings is 1. The highest BCUT2D eigenvalue weighted by Gasteiger charge is 2.40. The third-order valence-corrected chi connectivity index (χ3v) is 9.05. The van der Waals surface area contributed by atoms with Crippen molar-refractivity contribution in [3.05, 3.63) is 112 Å². The molecule has 0 saturated carbocycles. The highest BCUT2D eigenvalue weighted by molar-refractivity contribution is 7.09. The van der Waals surface area contributed by atoms with Gasteiger partial charge in [-0.2, -0.15) is 0 Å². The molecule has 222 valence electrons. The lowest BCUT2D eigenvalue weighted by Crippen LogP contribution is -2.39. The molecule has 0 bridgehead atoms. The van der Waals surface area contributed by atoms with Crippen molar-refractivity contribution in [2.45, 2.75) is 31.3 Å². The van der Waals surface area contributed by atoms with E-state index in [9.17, 15) is 14.4 Å². The minimum absolute atomic E-state index is 0.0609. The van der Waals surface area contributed by atoms with Crippen LogP contribution in [0.25, 0.3) is 16.8 Å². The summed E-state index contributed by atoms with van der Waals surface area (Å²) in [6.07, 6.45) is 3.37. The molecule has 2 aliphatic rings. The minimum atomic E-state index is -0.552. The van der Waals surface area contributed by atoms with Gasteiger partial charge in [0.2, 0.25) is 0 Å². The highest BCUT2D eigenvalue weighted by Crippen LogP contribution is 2.44. The van der Waals surface area contributed by atoms with E-state index >= 15 is 0 Å². The Kier molecular flexibility index (Phi) is 7.31. The monoisotopic (exact) mass is 607 g/mol. The smallest absolute Gasteiger partial charge is 0.407 e. The fourth-order valence-corrected chi connectivity index (χ4v) is 7.04. The van der Waals surface area contributed by atoms with Crippen LogP contribution in [-0.2, 0) is 9.47 Å². The van der Waals surface area contributed by atoms with Gasteiger partial charge in [-0.15, -0.1) is 11.3 Å². The maximum absolute atomic E-state index is 13.8. The number of hydrogen-bond donors (Lipinski definition) is 1. The van der Waals surface area contributed by atoms with Gasteiger partial charge in [0, 0.05) is 30.2 Å². The van der Waals surface area contributed by atoms with Gasteiger partial charge in [0.15, 0.2) is 5.69 Å². The molecule has 0 spiro atoms. The van der Waals surface area contributed by atoms with Gasteiger partial charge in [0.25, 0.3) is 5.91 Å². The van der Waals surface area contributed by atoms with Crippen LogP contribution < -0.4 is 5.32 Å². The van der Waals surface area contributed by atoms with E-state index in [4.69, 9.17) is 9.47 Å². The van der Waals surface area contributed by atoms with Crippen LogP contribution in [0.5, 0.6) is 0 Å². The van der Waals surface area contributed by atoms with Crippen molar-refractivity contribution in [1.29, 1.82) is 0 Å². The molecule has 2 atom stereocenters. The number of amides is 2. The quantitative estimate of drug-likeness (QED) is 0.244. The van der Waals surface area contributed by atoms with Gasteiger partial charge in [0.1, 0.15) is 23.0 Å². The van der Waals surface area contributed by atoms with Crippen LogP contribution in [0.1, 0.15) is 62.4 Å². The number of fused-ring (bicyclic) bond motifs is 4. The molecule has 3 aromatic heterocycles. The first-order valence-electron chi connectivity index (χ1n) is 14.5. The number of ether oxygens (including phenoxy) is 2. The first-order chi connectivity index (χ1) is 21.5. The number of rotatable bonds is 7. The second-order valence-electron chi connectivity index (χ2n) is 10.8. The number of carbonyl (C=O) groups is 3. The number of imidazole rings is 1. The first kappa shape index (κ1) is 27.8. The number of thiazole rings is 1. The van der Waals surface area contributed by atoms with Crippen molar-refractivity contribution in [3.63, 3.8) is 0 Å². The fourth-order valence-electron chi connectivity index (χ4n) is 6.13. The Labute approximate surface area is 257 Å². The van der Waals surface area contributed by atoms with Gasteiger partial charge in [-0.25, -0.2) is 19.6 Å². The molecule has 1 N–H and O–H groups in total. The van der Waals surface area contributed by atoms with E-state index in [2.05, 4.69) is 39.6 Å². The van der Waals surface area contributed by atoms with E-state index in [0.29, 0.717) is 17.1 Å². The maximum Gasteiger partial charge on any atom is 0.407 e. The van der Waals surface area contributed by atoms with Gasteiger partial charge in [0.05, 0.1) is 18.7 Å². The van der Waals surface area contributed by atoms with E-state index in [1.165, 1.54) is 11.3 Å². The van der Waals surface area contributed by atoms with Crippen LogP contribution >= 0.6 is 11.3 Å². The lowest BCUT2D eigenvalue weighted by Gasteiger charge is -2.22. The van der Waals surface area contributed by atoms with Gasteiger partial charge in [-0.1, -0.05) is 54.6 Å². The number of likely N-dealkylation sites (tertiary alicyclic amines) is 1. The largest absolute Gasteiger partial charge is 0.461 e. The van der Waals surface area contributed by atoms with E-state index in [1.54, 1.807) is 27.8 Å². The Bertz CT molecular complexity index is 1800. The van der Waals surface area contributed by atoms with Crippen molar-refractivity contribution in [2.75, 3.05) is 19.8 Å². The molecule has 1 aliphatic carbocycles. The van der Waals surface area contributed by atoms with E-state index in [-0.39, 0.29) is 43.0 Å². The predicted octanol–water partition coefficient (Wildman–Crippen LogP) is 5.46. The van der Waals surface area contributed by atoms with E-state index in [1.807, 2.05) is 48.7 Å². The van der Waals surface area contributed by atoms with Crippen molar-refractivity contribution in [1.82, 2.24) is 24.6 Å². The van der Waals surface area contributed by atoms with Crippen molar-refractivity contribution in [3.8, 4) is 11.1 Å². The summed E-state index contributed by atoms with van der Waals surface area (Å²) in [7, 11) is 0. The molecule has 2 aromatic carbocycles. The van der Waals surface area contributed by atoms with Gasteiger partial charge < -0.3 is 24.1 Å². The topological polar surface area (TPSA) is 115 Å². The van der Waals surface area contributed by atoms with Crippen LogP contribution in [0.4, 0.5) is 4.79 Å². The van der Waals surface area contributed by atoms with Crippen molar-refractivity contribution >= 4 is 35.0 Å². The number of aromatic nitrogens is 3. The summed E-state index contributed by atoms with van der Waals surface area (Å²) in [5.74, 6) is -0.864. The molecule has 2 amide bonds. The summed E-state index contributed by atoms with van der Waals surface area (Å²) in [4.78, 5) is 49.9. The number of carbonyl (C=O) groups excluding carboxylic acids is 3. The summed E-state index contributed by atoms with van der Waals surface area (Å²) in [5, 5.41) is 5.19. The normalized spacial score (nSPS) is 17.3. The Morgan fingerprint density at radius 1 is 0.932 bits per heavy atom. The lowest BCUT2D eigenvalue weighted by atomic mass is 9.98. The van der Waals surface area contributed by atoms with Gasteiger partial charge >= 0.3 is 12.1 Å². The Morgan fingerprint density at radius 2 is 1.66 bits per heavy atom. The molecular formula is C33H29N5O5S. The third kappa shape index (κ3) is 5.09. The minimum Gasteiger partial charge on any atom is -0.461 e. The molecular weight excluding hydrogens is 578 g/mol. The predicted molar refractivity (Wildman–Crippen MR) is 164 cm³/mol. The molecule has 7 rings (SSSR count). The first-order valence-corrected chi connectivity index (χ1v) is 15.4. The number of benzene rings is 2. The summed E-state index contributed by atoms with van der Waals surface area (Å²) in [6.45, 7) is 2.39. The lowest BCUT2D eigenvalue weighted by molar-refractivity contribution is 0.0520. The molecule has 1 saturated heterocycles. The van der Waals surface area contributed by atoms with Crippen LogP contribution in [0, 0.1) is 0 Å². The Morgan fingerprint density at radius 3 is 2.39 bits per heavy atom. The van der Waals surface area contributed by atoms with Crippen molar-refractivity contribution in [2.24, 2.45) is 0 Å². The zero-order valence-electron chi connectivity index (χ0n) is 23.9. The second kappa shape index (κ2) is 11.6. The van der Waals surface area contributed by atoms with E-state index < -0.39 is 24.1 Å². The molecule has 1 aliphatic heterocycles. The molecule has 11 heteroatoms. The molecule has 5 aromatic rings. The highest BCUT2D eigenvalue weighted by atomic mass is 32.1. The maximum atomic E-state index is 13.8. The average molecular weight is 608 g/mol. The average Bonchev–Trinajstić information content (AvgIpc) is 3.84. The Hall–Kier alpha value is -5.03.